The zero-order chi connectivity index (χ0) is 16.0. The fourth-order valence-corrected chi connectivity index (χ4v) is 4.21. The fourth-order valence-electron chi connectivity index (χ4n) is 2.92. The van der Waals surface area contributed by atoms with E-state index in [0.29, 0.717) is 22.7 Å². The first-order valence-electron chi connectivity index (χ1n) is 8.20. The first-order chi connectivity index (χ1) is 11.1. The van der Waals surface area contributed by atoms with Crippen LogP contribution in [0.2, 0.25) is 5.02 Å². The third-order valence-electron chi connectivity index (χ3n) is 4.65. The highest BCUT2D eigenvalue weighted by atomic mass is 35.5. The van der Waals surface area contributed by atoms with E-state index in [0.717, 1.165) is 17.2 Å². The average molecular weight is 350 g/mol. The van der Waals surface area contributed by atoms with Crippen molar-refractivity contribution in [2.45, 2.75) is 55.6 Å². The normalized spacial score (nSPS) is 20.4. The van der Waals surface area contributed by atoms with Gasteiger partial charge in [-0.1, -0.05) is 23.7 Å². The van der Waals surface area contributed by atoms with Crippen LogP contribution in [-0.4, -0.2) is 19.0 Å². The van der Waals surface area contributed by atoms with E-state index in [2.05, 4.69) is 14.8 Å². The Morgan fingerprint density at radius 2 is 1.91 bits per heavy atom. The van der Waals surface area contributed by atoms with Crippen molar-refractivity contribution in [3.05, 3.63) is 46.5 Å². The van der Waals surface area contributed by atoms with Crippen molar-refractivity contribution >= 4 is 22.4 Å². The summed E-state index contributed by atoms with van der Waals surface area (Å²) in [7, 11) is -1.02. The van der Waals surface area contributed by atoms with Gasteiger partial charge in [-0.2, -0.15) is 0 Å². The van der Waals surface area contributed by atoms with Gasteiger partial charge >= 0.3 is 0 Å². The molecule has 1 aromatic heterocycles. The molecular formula is C17H20ClN3OS. The molecular weight excluding hydrogens is 330 g/mol. The Bertz CT molecular complexity index is 735. The van der Waals surface area contributed by atoms with Crippen molar-refractivity contribution in [1.82, 2.24) is 14.8 Å². The van der Waals surface area contributed by atoms with Gasteiger partial charge in [-0.3, -0.25) is 4.21 Å². The summed E-state index contributed by atoms with van der Waals surface area (Å²) in [5.74, 6) is 3.08. The molecule has 0 aliphatic heterocycles. The molecule has 0 unspecified atom stereocenters. The van der Waals surface area contributed by atoms with Gasteiger partial charge in [0.05, 0.1) is 11.0 Å². The standard InChI is InChI=1S/C17H20ClN3OS/c1-11(12-4-6-14(18)7-5-12)23(22)10-16-19-20-17(13-2-3-13)21(16)15-8-9-15/h4-7,11,13,15H,2-3,8-10H2,1H3/t11-,23-/m0/s1. The van der Waals surface area contributed by atoms with Crippen LogP contribution in [-0.2, 0) is 16.6 Å². The summed E-state index contributed by atoms with van der Waals surface area (Å²) in [5, 5.41) is 9.43. The molecule has 2 fully saturated rings. The maximum atomic E-state index is 12.8. The van der Waals surface area contributed by atoms with Crippen molar-refractivity contribution in [2.24, 2.45) is 0 Å². The van der Waals surface area contributed by atoms with E-state index in [-0.39, 0.29) is 5.25 Å². The van der Waals surface area contributed by atoms with Crippen LogP contribution in [0.1, 0.15) is 67.0 Å². The van der Waals surface area contributed by atoms with Crippen LogP contribution in [0.5, 0.6) is 0 Å². The minimum Gasteiger partial charge on any atom is -0.311 e. The van der Waals surface area contributed by atoms with Gasteiger partial charge in [0.1, 0.15) is 11.6 Å². The van der Waals surface area contributed by atoms with E-state index in [1.165, 1.54) is 25.7 Å². The monoisotopic (exact) mass is 349 g/mol. The first-order valence-corrected chi connectivity index (χ1v) is 9.96. The van der Waals surface area contributed by atoms with E-state index >= 15 is 0 Å². The highest BCUT2D eigenvalue weighted by Crippen LogP contribution is 2.45. The Labute approximate surface area is 143 Å². The van der Waals surface area contributed by atoms with Gasteiger partial charge in [0.2, 0.25) is 0 Å². The van der Waals surface area contributed by atoms with Gasteiger partial charge in [0.15, 0.2) is 0 Å². The van der Waals surface area contributed by atoms with Crippen LogP contribution in [0.15, 0.2) is 24.3 Å². The lowest BCUT2D eigenvalue weighted by molar-refractivity contribution is 0.648. The summed E-state index contributed by atoms with van der Waals surface area (Å²) in [5.41, 5.74) is 1.05. The molecule has 4 rings (SSSR count). The number of nitrogens with zero attached hydrogens (tertiary/aromatic N) is 3. The van der Waals surface area contributed by atoms with Crippen LogP contribution in [0.25, 0.3) is 0 Å². The highest BCUT2D eigenvalue weighted by Gasteiger charge is 2.36. The molecule has 2 aliphatic carbocycles. The molecule has 1 aromatic carbocycles. The largest absolute Gasteiger partial charge is 0.311 e. The van der Waals surface area contributed by atoms with E-state index < -0.39 is 10.8 Å². The molecule has 0 saturated heterocycles. The van der Waals surface area contributed by atoms with Crippen molar-refractivity contribution < 1.29 is 4.21 Å². The molecule has 2 aromatic rings. The second-order valence-corrected chi connectivity index (χ2v) is 8.76. The SMILES string of the molecule is C[C@@H](c1ccc(Cl)cc1)[S@@](=O)Cc1nnc(C2CC2)n1C1CC1. The number of halogens is 1. The number of aromatic nitrogens is 3. The molecule has 4 nitrogen and oxygen atoms in total. The molecule has 0 bridgehead atoms. The van der Waals surface area contributed by atoms with Crippen LogP contribution in [0, 0.1) is 0 Å². The van der Waals surface area contributed by atoms with Crippen molar-refractivity contribution in [3.63, 3.8) is 0 Å². The van der Waals surface area contributed by atoms with E-state index in [1.54, 1.807) is 0 Å². The first kappa shape index (κ1) is 15.3. The quantitative estimate of drug-likeness (QED) is 0.786. The third kappa shape index (κ3) is 3.22. The van der Waals surface area contributed by atoms with Gasteiger partial charge < -0.3 is 4.57 Å². The molecule has 1 heterocycles. The summed E-state index contributed by atoms with van der Waals surface area (Å²) in [6.07, 6.45) is 4.83. The summed E-state index contributed by atoms with van der Waals surface area (Å²) in [6.45, 7) is 2.00. The number of hydrogen-bond acceptors (Lipinski definition) is 3. The second-order valence-electron chi connectivity index (χ2n) is 6.57. The number of rotatable bonds is 6. The summed E-state index contributed by atoms with van der Waals surface area (Å²) in [4.78, 5) is 0. The molecule has 0 amide bonds. The predicted octanol–water partition coefficient (Wildman–Crippen LogP) is 4.15. The van der Waals surface area contributed by atoms with E-state index in [4.69, 9.17) is 11.6 Å². The Morgan fingerprint density at radius 3 is 2.52 bits per heavy atom. The Hall–Kier alpha value is -1.20. The van der Waals surface area contributed by atoms with Crippen molar-refractivity contribution in [3.8, 4) is 0 Å². The van der Waals surface area contributed by atoms with Gasteiger partial charge in [-0.05, 0) is 50.3 Å². The van der Waals surface area contributed by atoms with Gasteiger partial charge in [-0.25, -0.2) is 0 Å². The zero-order valence-electron chi connectivity index (χ0n) is 13.1. The topological polar surface area (TPSA) is 47.8 Å². The molecule has 23 heavy (non-hydrogen) atoms. The van der Waals surface area contributed by atoms with Crippen LogP contribution < -0.4 is 0 Å². The zero-order valence-corrected chi connectivity index (χ0v) is 14.7. The summed E-state index contributed by atoms with van der Waals surface area (Å²) < 4.78 is 15.1. The lowest BCUT2D eigenvalue weighted by Gasteiger charge is -2.13. The molecule has 0 spiro atoms. The van der Waals surface area contributed by atoms with Gasteiger partial charge in [0.25, 0.3) is 0 Å². The molecule has 6 heteroatoms. The van der Waals surface area contributed by atoms with E-state index in [9.17, 15) is 4.21 Å². The minimum absolute atomic E-state index is 0.0407. The average Bonchev–Trinajstić information content (AvgIpc) is 3.46. The van der Waals surface area contributed by atoms with Crippen molar-refractivity contribution in [2.75, 3.05) is 0 Å². The molecule has 0 N–H and O–H groups in total. The highest BCUT2D eigenvalue weighted by molar-refractivity contribution is 7.84. The maximum Gasteiger partial charge on any atom is 0.145 e. The lowest BCUT2D eigenvalue weighted by atomic mass is 10.2. The number of benzene rings is 1. The lowest BCUT2D eigenvalue weighted by Crippen LogP contribution is -2.11. The third-order valence-corrected chi connectivity index (χ3v) is 6.51. The number of hydrogen-bond donors (Lipinski definition) is 0. The smallest absolute Gasteiger partial charge is 0.145 e. The van der Waals surface area contributed by atoms with Gasteiger partial charge in [0, 0.05) is 27.8 Å². The molecule has 2 atom stereocenters. The Balaban J connectivity index is 1.53. The van der Waals surface area contributed by atoms with Crippen LogP contribution >= 0.6 is 11.6 Å². The Morgan fingerprint density at radius 1 is 1.22 bits per heavy atom. The molecule has 122 valence electrons. The molecule has 0 radical (unpaired) electrons. The van der Waals surface area contributed by atoms with Gasteiger partial charge in [-0.15, -0.1) is 10.2 Å². The summed E-state index contributed by atoms with van der Waals surface area (Å²) in [6, 6.07) is 8.14. The maximum absolute atomic E-state index is 12.8. The molecule has 2 aliphatic rings. The fraction of sp³-hybridized carbons (Fsp3) is 0.529. The van der Waals surface area contributed by atoms with Crippen LogP contribution in [0.3, 0.4) is 0 Å². The second kappa shape index (κ2) is 6.02. The van der Waals surface area contributed by atoms with E-state index in [1.807, 2.05) is 31.2 Å². The summed E-state index contributed by atoms with van der Waals surface area (Å²) >= 11 is 5.93. The molecule has 2 saturated carbocycles. The predicted molar refractivity (Wildman–Crippen MR) is 92.0 cm³/mol. The Kier molecular flexibility index (Phi) is 4.01. The van der Waals surface area contributed by atoms with Crippen molar-refractivity contribution in [1.29, 1.82) is 0 Å². The minimum atomic E-state index is -1.02. The van der Waals surface area contributed by atoms with Crippen LogP contribution in [0.4, 0.5) is 0 Å².